The molecule has 0 bridgehead atoms. The first-order valence-electron chi connectivity index (χ1n) is 12.9. The van der Waals surface area contributed by atoms with Crippen molar-refractivity contribution in [2.45, 2.75) is 103 Å². The van der Waals surface area contributed by atoms with Crippen LogP contribution in [0.3, 0.4) is 0 Å². The van der Waals surface area contributed by atoms with E-state index >= 15 is 0 Å². The molecular weight excluding hydrogens is 374 g/mol. The number of hydrogen-bond donors (Lipinski definition) is 0. The molecule has 1 aromatic heterocycles. The second-order valence-corrected chi connectivity index (χ2v) is 11.0. The van der Waals surface area contributed by atoms with Crippen LogP contribution in [0.2, 0.25) is 0 Å². The Balaban J connectivity index is 1.75. The molecule has 2 heterocycles. The molecule has 0 saturated heterocycles. The quantitative estimate of drug-likeness (QED) is 0.450. The highest BCUT2D eigenvalue weighted by Crippen LogP contribution is 2.48. The van der Waals surface area contributed by atoms with Gasteiger partial charge in [0.2, 0.25) is 5.69 Å². The molecule has 0 N–H and O–H groups in total. The van der Waals surface area contributed by atoms with Crippen molar-refractivity contribution < 1.29 is 4.57 Å². The Kier molecular flexibility index (Phi) is 5.35. The van der Waals surface area contributed by atoms with E-state index in [0.717, 1.165) is 0 Å². The van der Waals surface area contributed by atoms with Gasteiger partial charge in [0.15, 0.2) is 12.2 Å². The van der Waals surface area contributed by atoms with Crippen LogP contribution in [0.25, 0.3) is 17.3 Å². The van der Waals surface area contributed by atoms with Crippen LogP contribution in [-0.4, -0.2) is 0 Å². The smallest absolute Gasteiger partial charge is 0.194 e. The van der Waals surface area contributed by atoms with E-state index in [1.165, 1.54) is 81.0 Å². The van der Waals surface area contributed by atoms with Crippen LogP contribution in [0.4, 0.5) is 0 Å². The zero-order valence-electron chi connectivity index (χ0n) is 20.1. The SMILES string of the molecule is CCC1[n+]2cc(CC3(C)CCCCC3)c3c(c2-c2ccccc2C1(C)CC)C=CCC3. The third-order valence-corrected chi connectivity index (χ3v) is 9.03. The summed E-state index contributed by atoms with van der Waals surface area (Å²) in [6.07, 6.45) is 20.5. The lowest BCUT2D eigenvalue weighted by molar-refractivity contribution is -0.725. The second-order valence-electron chi connectivity index (χ2n) is 11.0. The molecule has 31 heavy (non-hydrogen) atoms. The van der Waals surface area contributed by atoms with Crippen molar-refractivity contribution in [3.05, 3.63) is 58.8 Å². The Bertz CT molecular complexity index is 1010. The van der Waals surface area contributed by atoms with Gasteiger partial charge in [0, 0.05) is 12.0 Å². The van der Waals surface area contributed by atoms with Crippen LogP contribution in [0.1, 0.15) is 107 Å². The Morgan fingerprint density at radius 2 is 1.81 bits per heavy atom. The van der Waals surface area contributed by atoms with Crippen molar-refractivity contribution in [2.24, 2.45) is 5.41 Å². The zero-order chi connectivity index (χ0) is 21.6. The molecule has 0 spiro atoms. The fourth-order valence-corrected chi connectivity index (χ4v) is 7.14. The van der Waals surface area contributed by atoms with Crippen molar-refractivity contribution in [3.63, 3.8) is 0 Å². The molecule has 2 aliphatic carbocycles. The van der Waals surface area contributed by atoms with Gasteiger partial charge >= 0.3 is 0 Å². The van der Waals surface area contributed by atoms with Crippen molar-refractivity contribution in [1.82, 2.24) is 0 Å². The summed E-state index contributed by atoms with van der Waals surface area (Å²) >= 11 is 0. The predicted molar refractivity (Wildman–Crippen MR) is 131 cm³/mol. The normalized spacial score (nSPS) is 26.1. The number of aromatic nitrogens is 1. The minimum absolute atomic E-state index is 0.182. The maximum absolute atomic E-state index is 2.72. The third-order valence-electron chi connectivity index (χ3n) is 9.03. The van der Waals surface area contributed by atoms with Crippen LogP contribution in [-0.2, 0) is 18.3 Å². The first-order chi connectivity index (χ1) is 15.0. The predicted octanol–water partition coefficient (Wildman–Crippen LogP) is 7.75. The van der Waals surface area contributed by atoms with Crippen molar-refractivity contribution in [1.29, 1.82) is 0 Å². The molecule has 0 radical (unpaired) electrons. The minimum Gasteiger partial charge on any atom is -0.194 e. The molecule has 1 aliphatic heterocycles. The van der Waals surface area contributed by atoms with Gasteiger partial charge in [0.25, 0.3) is 0 Å². The van der Waals surface area contributed by atoms with E-state index in [2.05, 4.69) is 74.9 Å². The molecule has 164 valence electrons. The molecule has 2 atom stereocenters. The van der Waals surface area contributed by atoms with Gasteiger partial charge in [-0.15, -0.1) is 0 Å². The van der Waals surface area contributed by atoms with E-state index in [4.69, 9.17) is 0 Å². The molecule has 1 saturated carbocycles. The van der Waals surface area contributed by atoms with Gasteiger partial charge in [0.1, 0.15) is 0 Å². The van der Waals surface area contributed by atoms with Gasteiger partial charge in [-0.25, -0.2) is 0 Å². The fourth-order valence-electron chi connectivity index (χ4n) is 7.14. The van der Waals surface area contributed by atoms with Crippen molar-refractivity contribution >= 4 is 6.08 Å². The Morgan fingerprint density at radius 3 is 2.55 bits per heavy atom. The van der Waals surface area contributed by atoms with Crippen LogP contribution >= 0.6 is 0 Å². The summed E-state index contributed by atoms with van der Waals surface area (Å²) < 4.78 is 2.72. The van der Waals surface area contributed by atoms with Crippen molar-refractivity contribution in [3.8, 4) is 11.3 Å². The number of rotatable bonds is 4. The van der Waals surface area contributed by atoms with Gasteiger partial charge < -0.3 is 0 Å². The summed E-state index contributed by atoms with van der Waals surface area (Å²) in [6.45, 7) is 9.84. The van der Waals surface area contributed by atoms with Gasteiger partial charge in [-0.3, -0.25) is 0 Å². The second kappa shape index (κ2) is 7.91. The zero-order valence-corrected chi connectivity index (χ0v) is 20.1. The minimum atomic E-state index is 0.182. The summed E-state index contributed by atoms with van der Waals surface area (Å²) in [5.41, 5.74) is 9.97. The first kappa shape index (κ1) is 21.0. The van der Waals surface area contributed by atoms with Gasteiger partial charge in [-0.2, -0.15) is 4.57 Å². The highest BCUT2D eigenvalue weighted by molar-refractivity contribution is 5.77. The number of nitrogens with zero attached hydrogens (tertiary/aromatic N) is 1. The number of benzene rings is 1. The highest BCUT2D eigenvalue weighted by Gasteiger charge is 2.48. The van der Waals surface area contributed by atoms with Gasteiger partial charge in [-0.1, -0.05) is 70.4 Å². The molecule has 3 aliphatic rings. The number of hydrogen-bond acceptors (Lipinski definition) is 0. The molecule has 2 unspecified atom stereocenters. The van der Waals surface area contributed by atoms with Crippen LogP contribution < -0.4 is 4.57 Å². The largest absolute Gasteiger partial charge is 0.220 e. The van der Waals surface area contributed by atoms with Crippen LogP contribution in [0.15, 0.2) is 36.5 Å². The van der Waals surface area contributed by atoms with Crippen molar-refractivity contribution in [2.75, 3.05) is 0 Å². The van der Waals surface area contributed by atoms with E-state index < -0.39 is 0 Å². The van der Waals surface area contributed by atoms with E-state index in [0.29, 0.717) is 11.5 Å². The highest BCUT2D eigenvalue weighted by atomic mass is 15.0. The van der Waals surface area contributed by atoms with Crippen LogP contribution in [0.5, 0.6) is 0 Å². The van der Waals surface area contributed by atoms with E-state index in [-0.39, 0.29) is 5.41 Å². The number of fused-ring (bicyclic) bond motifs is 5. The van der Waals surface area contributed by atoms with E-state index in [9.17, 15) is 0 Å². The summed E-state index contributed by atoms with van der Waals surface area (Å²) in [7, 11) is 0. The van der Waals surface area contributed by atoms with E-state index in [1.807, 2.05) is 0 Å². The average molecular weight is 415 g/mol. The number of pyridine rings is 1. The lowest BCUT2D eigenvalue weighted by atomic mass is 9.67. The summed E-state index contributed by atoms with van der Waals surface area (Å²) in [6, 6.07) is 9.78. The molecule has 1 aromatic carbocycles. The van der Waals surface area contributed by atoms with Crippen LogP contribution in [0, 0.1) is 5.41 Å². The van der Waals surface area contributed by atoms with E-state index in [1.54, 1.807) is 16.7 Å². The molecule has 5 rings (SSSR count). The molecule has 1 nitrogen and oxygen atoms in total. The summed E-state index contributed by atoms with van der Waals surface area (Å²) in [5.74, 6) is 0. The Morgan fingerprint density at radius 1 is 1.03 bits per heavy atom. The monoisotopic (exact) mass is 414 g/mol. The standard InChI is InChI=1S/C30H40N/c1-5-27-30(4,6-2)26-17-11-10-16-25(26)28-24-15-9-8-14-23(24)22(21-31(27)28)20-29(3)18-12-7-13-19-29/h9-11,15-17,21,27H,5-8,12-14,18-20H2,1-4H3/q+1. The molecule has 1 fully saturated rings. The van der Waals surface area contributed by atoms with Gasteiger partial charge in [0.05, 0.1) is 16.5 Å². The molecule has 1 heteroatoms. The topological polar surface area (TPSA) is 3.88 Å². The maximum atomic E-state index is 2.72. The summed E-state index contributed by atoms with van der Waals surface area (Å²) in [5, 5.41) is 0. The summed E-state index contributed by atoms with van der Waals surface area (Å²) in [4.78, 5) is 0. The first-order valence-corrected chi connectivity index (χ1v) is 12.9. The fraction of sp³-hybridized carbons (Fsp3) is 0.567. The third kappa shape index (κ3) is 3.31. The lowest BCUT2D eigenvalue weighted by Gasteiger charge is -2.40. The molecule has 0 amide bonds. The van der Waals surface area contributed by atoms with Gasteiger partial charge in [-0.05, 0) is 68.1 Å². The Labute approximate surface area is 189 Å². The molecular formula is C30H40N+. The Hall–Kier alpha value is -1.89. The average Bonchev–Trinajstić information content (AvgIpc) is 2.79. The number of allylic oxidation sites excluding steroid dienone is 1. The molecule has 2 aromatic rings. The maximum Gasteiger partial charge on any atom is 0.220 e. The lowest BCUT2D eigenvalue weighted by Crippen LogP contribution is -2.55.